The van der Waals surface area contributed by atoms with Crippen LogP contribution in [0.15, 0.2) is 0 Å². The molecule has 2 fully saturated rings. The summed E-state index contributed by atoms with van der Waals surface area (Å²) in [5.74, 6) is 0.0167. The molecule has 0 aromatic rings. The quantitative estimate of drug-likeness (QED) is 0.592. The second-order valence-electron chi connectivity index (χ2n) is 3.20. The lowest BCUT2D eigenvalue weighted by Crippen LogP contribution is -2.36. The highest BCUT2D eigenvalue weighted by Gasteiger charge is 2.27. The van der Waals surface area contributed by atoms with Crippen molar-refractivity contribution in [3.8, 4) is 0 Å². The number of epoxide rings is 1. The summed E-state index contributed by atoms with van der Waals surface area (Å²) in [6.45, 7) is 2.14. The normalized spacial score (nSPS) is 33.3. The van der Waals surface area contributed by atoms with Crippen LogP contribution in [0.25, 0.3) is 0 Å². The maximum atomic E-state index is 11.3. The zero-order chi connectivity index (χ0) is 8.39. The van der Waals surface area contributed by atoms with Crippen LogP contribution in [0.4, 0.5) is 0 Å². The highest BCUT2D eigenvalue weighted by Crippen LogP contribution is 2.12. The second kappa shape index (κ2) is 3.41. The number of ether oxygens (including phenoxy) is 2. The zero-order valence-electron chi connectivity index (χ0n) is 6.91. The number of hydrogen-bond acceptors (Lipinski definition) is 3. The standard InChI is InChI=1S/C8H13NO3/c10-8(7-2-1-3-11-7)9-4-6-5-12-6/h6-7H,1-5H2,(H,9,10)/t6-,7-/m0/s1. The van der Waals surface area contributed by atoms with Crippen molar-refractivity contribution < 1.29 is 14.3 Å². The van der Waals surface area contributed by atoms with E-state index in [2.05, 4.69) is 5.32 Å². The van der Waals surface area contributed by atoms with E-state index in [9.17, 15) is 4.79 Å². The van der Waals surface area contributed by atoms with Gasteiger partial charge in [-0.1, -0.05) is 0 Å². The number of carbonyl (C=O) groups excluding carboxylic acids is 1. The fourth-order valence-electron chi connectivity index (χ4n) is 1.30. The van der Waals surface area contributed by atoms with Gasteiger partial charge < -0.3 is 14.8 Å². The van der Waals surface area contributed by atoms with Gasteiger partial charge in [-0.15, -0.1) is 0 Å². The molecule has 1 amide bonds. The summed E-state index contributed by atoms with van der Waals surface area (Å²) in [7, 11) is 0. The van der Waals surface area contributed by atoms with E-state index >= 15 is 0 Å². The van der Waals surface area contributed by atoms with Gasteiger partial charge in [0.25, 0.3) is 0 Å². The molecule has 68 valence electrons. The third-order valence-electron chi connectivity index (χ3n) is 2.13. The maximum absolute atomic E-state index is 11.3. The molecule has 4 nitrogen and oxygen atoms in total. The lowest BCUT2D eigenvalue weighted by atomic mass is 10.2. The van der Waals surface area contributed by atoms with Crippen molar-refractivity contribution >= 4 is 5.91 Å². The summed E-state index contributed by atoms with van der Waals surface area (Å²) < 4.78 is 10.2. The largest absolute Gasteiger partial charge is 0.371 e. The molecule has 4 heteroatoms. The first-order chi connectivity index (χ1) is 5.86. The van der Waals surface area contributed by atoms with Crippen LogP contribution in [-0.4, -0.2) is 37.9 Å². The van der Waals surface area contributed by atoms with Gasteiger partial charge in [-0.3, -0.25) is 4.79 Å². The molecule has 0 unspecified atom stereocenters. The Balaban J connectivity index is 1.67. The van der Waals surface area contributed by atoms with E-state index in [4.69, 9.17) is 9.47 Å². The van der Waals surface area contributed by atoms with Gasteiger partial charge in [0.05, 0.1) is 12.7 Å². The second-order valence-corrected chi connectivity index (χ2v) is 3.20. The average molecular weight is 171 g/mol. The Bertz CT molecular complexity index is 173. The fourth-order valence-corrected chi connectivity index (χ4v) is 1.30. The van der Waals surface area contributed by atoms with Gasteiger partial charge in [-0.05, 0) is 12.8 Å². The molecule has 0 radical (unpaired) electrons. The van der Waals surface area contributed by atoms with Gasteiger partial charge in [-0.25, -0.2) is 0 Å². The van der Waals surface area contributed by atoms with Gasteiger partial charge in [0.2, 0.25) is 5.91 Å². The molecule has 0 spiro atoms. The molecule has 2 atom stereocenters. The van der Waals surface area contributed by atoms with Crippen LogP contribution in [0.1, 0.15) is 12.8 Å². The van der Waals surface area contributed by atoms with Crippen LogP contribution in [0.3, 0.4) is 0 Å². The lowest BCUT2D eigenvalue weighted by Gasteiger charge is -2.08. The van der Waals surface area contributed by atoms with E-state index in [-0.39, 0.29) is 18.1 Å². The predicted octanol–water partition coefficient (Wildman–Crippen LogP) is -0.320. The van der Waals surface area contributed by atoms with Crippen LogP contribution in [0, 0.1) is 0 Å². The minimum absolute atomic E-state index is 0.0167. The Morgan fingerprint density at radius 1 is 1.50 bits per heavy atom. The highest BCUT2D eigenvalue weighted by atomic mass is 16.6. The van der Waals surface area contributed by atoms with E-state index in [1.54, 1.807) is 0 Å². The van der Waals surface area contributed by atoms with Crippen LogP contribution in [0.5, 0.6) is 0 Å². The van der Waals surface area contributed by atoms with Crippen molar-refractivity contribution in [2.75, 3.05) is 19.8 Å². The first-order valence-electron chi connectivity index (χ1n) is 4.37. The summed E-state index contributed by atoms with van der Waals surface area (Å²) in [5.41, 5.74) is 0. The topological polar surface area (TPSA) is 50.9 Å². The van der Waals surface area contributed by atoms with Crippen molar-refractivity contribution in [3.05, 3.63) is 0 Å². The number of amides is 1. The number of nitrogens with one attached hydrogen (secondary N) is 1. The van der Waals surface area contributed by atoms with E-state index in [1.807, 2.05) is 0 Å². The first-order valence-corrected chi connectivity index (χ1v) is 4.37. The van der Waals surface area contributed by atoms with Crippen LogP contribution in [0.2, 0.25) is 0 Å². The van der Waals surface area contributed by atoms with E-state index in [1.165, 1.54) is 0 Å². The summed E-state index contributed by atoms with van der Waals surface area (Å²) in [6.07, 6.45) is 1.91. The van der Waals surface area contributed by atoms with Gasteiger partial charge in [0.15, 0.2) is 0 Å². The predicted molar refractivity (Wildman–Crippen MR) is 41.7 cm³/mol. The molecule has 1 N–H and O–H groups in total. The SMILES string of the molecule is O=C(NC[C@H]1CO1)[C@@H]1CCCO1. The molecular weight excluding hydrogens is 158 g/mol. The minimum atomic E-state index is -0.205. The Hall–Kier alpha value is -0.610. The summed E-state index contributed by atoms with van der Waals surface area (Å²) in [4.78, 5) is 11.3. The molecule has 2 rings (SSSR count). The molecule has 0 bridgehead atoms. The summed E-state index contributed by atoms with van der Waals surface area (Å²) >= 11 is 0. The number of hydrogen-bond donors (Lipinski definition) is 1. The number of carbonyl (C=O) groups is 1. The lowest BCUT2D eigenvalue weighted by molar-refractivity contribution is -0.130. The highest BCUT2D eigenvalue weighted by molar-refractivity contribution is 5.80. The van der Waals surface area contributed by atoms with E-state index in [0.29, 0.717) is 6.54 Å². The summed E-state index contributed by atoms with van der Waals surface area (Å²) in [5, 5.41) is 2.80. The van der Waals surface area contributed by atoms with Gasteiger partial charge >= 0.3 is 0 Å². The Morgan fingerprint density at radius 3 is 2.92 bits per heavy atom. The molecule has 0 aromatic carbocycles. The number of rotatable bonds is 3. The first kappa shape index (κ1) is 8.01. The fraction of sp³-hybridized carbons (Fsp3) is 0.875. The van der Waals surface area contributed by atoms with Crippen molar-refractivity contribution in [2.24, 2.45) is 0 Å². The van der Waals surface area contributed by atoms with Crippen LogP contribution < -0.4 is 5.32 Å². The van der Waals surface area contributed by atoms with Crippen molar-refractivity contribution in [1.29, 1.82) is 0 Å². The van der Waals surface area contributed by atoms with E-state index < -0.39 is 0 Å². The molecule has 12 heavy (non-hydrogen) atoms. The van der Waals surface area contributed by atoms with Crippen LogP contribution in [-0.2, 0) is 14.3 Å². The maximum Gasteiger partial charge on any atom is 0.249 e. The van der Waals surface area contributed by atoms with Crippen LogP contribution >= 0.6 is 0 Å². The molecule has 2 aliphatic heterocycles. The van der Waals surface area contributed by atoms with E-state index in [0.717, 1.165) is 26.1 Å². The third kappa shape index (κ3) is 1.95. The average Bonchev–Trinajstić information content (AvgIpc) is 2.74. The molecule has 0 saturated carbocycles. The summed E-state index contributed by atoms with van der Waals surface area (Å²) in [6, 6.07) is 0. The molecule has 2 heterocycles. The molecule has 0 aromatic heterocycles. The molecule has 0 aliphatic carbocycles. The molecular formula is C8H13NO3. The van der Waals surface area contributed by atoms with Crippen molar-refractivity contribution in [1.82, 2.24) is 5.32 Å². The zero-order valence-corrected chi connectivity index (χ0v) is 6.91. The Labute approximate surface area is 71.2 Å². The Morgan fingerprint density at radius 2 is 2.33 bits per heavy atom. The van der Waals surface area contributed by atoms with Gasteiger partial charge in [0.1, 0.15) is 6.10 Å². The minimum Gasteiger partial charge on any atom is -0.371 e. The smallest absolute Gasteiger partial charge is 0.249 e. The Kier molecular flexibility index (Phi) is 2.28. The molecule has 2 saturated heterocycles. The third-order valence-corrected chi connectivity index (χ3v) is 2.13. The van der Waals surface area contributed by atoms with Gasteiger partial charge in [0, 0.05) is 13.2 Å². The van der Waals surface area contributed by atoms with Gasteiger partial charge in [-0.2, -0.15) is 0 Å². The van der Waals surface area contributed by atoms with Crippen molar-refractivity contribution in [3.63, 3.8) is 0 Å². The van der Waals surface area contributed by atoms with Crippen molar-refractivity contribution in [2.45, 2.75) is 25.0 Å². The molecule has 2 aliphatic rings. The monoisotopic (exact) mass is 171 g/mol.